The van der Waals surface area contributed by atoms with Crippen molar-refractivity contribution in [2.45, 2.75) is 97.0 Å². The molecule has 1 aromatic rings. The lowest BCUT2D eigenvalue weighted by molar-refractivity contribution is -0.870. The Morgan fingerprint density at radius 1 is 0.808 bits per heavy atom. The number of amides is 3. The number of nitrogens with zero attached hydrogens (tertiary/aromatic N) is 1. The van der Waals surface area contributed by atoms with Crippen LogP contribution in [0.1, 0.15) is 47.1 Å². The monoisotopic (exact) mass is 739 g/mol. The average molecular weight is 740 g/mol. The number of quaternary nitrogens is 1. The van der Waals surface area contributed by atoms with Crippen molar-refractivity contribution in [3.63, 3.8) is 0 Å². The quantitative estimate of drug-likeness (QED) is 0.110. The molecule has 2 rings (SSSR count). The Labute approximate surface area is 302 Å². The third kappa shape index (κ3) is 15.2. The summed E-state index contributed by atoms with van der Waals surface area (Å²) in [6.45, 7) is 7.24. The van der Waals surface area contributed by atoms with Gasteiger partial charge in [-0.1, -0.05) is 30.3 Å². The summed E-state index contributed by atoms with van der Waals surface area (Å²) in [5, 5.41) is 7.52. The van der Waals surface area contributed by atoms with Crippen LogP contribution in [0, 0.1) is 0 Å². The van der Waals surface area contributed by atoms with E-state index in [9.17, 15) is 33.6 Å². The summed E-state index contributed by atoms with van der Waals surface area (Å²) in [6.07, 6.45) is -8.01. The summed E-state index contributed by atoms with van der Waals surface area (Å²) in [4.78, 5) is 87.8. The number of alkyl carbamates (subject to hydrolysis) is 1. The Balaban J connectivity index is 2.43. The molecular formula is C34H51N4O14+. The number of esters is 4. The van der Waals surface area contributed by atoms with E-state index in [1.807, 2.05) is 21.1 Å². The van der Waals surface area contributed by atoms with Crippen LogP contribution >= 0.6 is 0 Å². The Morgan fingerprint density at radius 3 is 1.98 bits per heavy atom. The number of nitrogens with one attached hydrogen (secondary N) is 3. The van der Waals surface area contributed by atoms with Gasteiger partial charge in [0, 0.05) is 27.7 Å². The van der Waals surface area contributed by atoms with Gasteiger partial charge in [0.25, 0.3) is 0 Å². The third-order valence-corrected chi connectivity index (χ3v) is 7.38. The highest BCUT2D eigenvalue weighted by Gasteiger charge is 2.52. The first-order valence-electron chi connectivity index (χ1n) is 16.6. The lowest BCUT2D eigenvalue weighted by Crippen LogP contribution is -2.67. The van der Waals surface area contributed by atoms with Gasteiger partial charge >= 0.3 is 30.0 Å². The van der Waals surface area contributed by atoms with Gasteiger partial charge in [0.15, 0.2) is 18.5 Å². The van der Waals surface area contributed by atoms with Crippen LogP contribution in [0.15, 0.2) is 30.3 Å². The number of carbonyl (C=O) groups excluding carboxylic acids is 7. The molecular weight excluding hydrogens is 688 g/mol. The van der Waals surface area contributed by atoms with Gasteiger partial charge in [0.2, 0.25) is 11.8 Å². The van der Waals surface area contributed by atoms with E-state index in [4.69, 9.17) is 33.2 Å². The van der Waals surface area contributed by atoms with Crippen LogP contribution in [0.2, 0.25) is 0 Å². The highest BCUT2D eigenvalue weighted by Crippen LogP contribution is 2.29. The molecule has 0 radical (unpaired) electrons. The molecule has 18 heteroatoms. The standard InChI is InChI=1S/C34H50N4O14/c1-19(32(44)46-16-15-38(7,8)9)35-31(43)27(37-34(45)48-17-25-13-11-10-12-14-25)20(2)49-33-28(36-21(3)39)30(51-24(6)42)29(50-23(5)41)26(52-33)18-47-22(4)40/h10-14,19-20,26-30,33H,15-18H2,1-9H3,(H2-,35,36,37,39,43,45)/p+1/t19-,20+,26+,27-,28+,29+,30+,33+/m0/s1. The maximum absolute atomic E-state index is 13.7. The molecule has 1 saturated heterocycles. The first kappa shape index (κ1) is 43.4. The Hall–Kier alpha value is -4.81. The molecule has 0 aromatic heterocycles. The van der Waals surface area contributed by atoms with E-state index in [-0.39, 0.29) is 13.2 Å². The predicted molar refractivity (Wildman–Crippen MR) is 180 cm³/mol. The number of likely N-dealkylation sites (N-methyl/N-ethyl adjacent to an activating group) is 1. The van der Waals surface area contributed by atoms with Gasteiger partial charge in [-0.25, -0.2) is 9.59 Å². The second-order valence-electron chi connectivity index (χ2n) is 13.2. The number of carbonyl (C=O) groups is 7. The topological polar surface area (TPSA) is 220 Å². The second kappa shape index (κ2) is 20.3. The summed E-state index contributed by atoms with van der Waals surface area (Å²) >= 11 is 0. The molecule has 1 heterocycles. The van der Waals surface area contributed by atoms with Crippen molar-refractivity contribution in [1.82, 2.24) is 16.0 Å². The summed E-state index contributed by atoms with van der Waals surface area (Å²) in [7, 11) is 5.76. The Kier molecular flexibility index (Phi) is 16.9. The van der Waals surface area contributed by atoms with Gasteiger partial charge in [-0.05, 0) is 19.4 Å². The molecule has 1 aliphatic heterocycles. The van der Waals surface area contributed by atoms with Crippen LogP contribution < -0.4 is 16.0 Å². The number of benzene rings is 1. The molecule has 8 atom stereocenters. The number of rotatable bonds is 17. The molecule has 52 heavy (non-hydrogen) atoms. The van der Waals surface area contributed by atoms with Crippen LogP contribution in [-0.4, -0.2) is 136 Å². The minimum Gasteiger partial charge on any atom is -0.463 e. The second-order valence-corrected chi connectivity index (χ2v) is 13.2. The lowest BCUT2D eigenvalue weighted by atomic mass is 9.95. The fraction of sp³-hybridized carbons (Fsp3) is 0.618. The van der Waals surface area contributed by atoms with Crippen molar-refractivity contribution in [3.8, 4) is 0 Å². The Morgan fingerprint density at radius 2 is 1.42 bits per heavy atom. The van der Waals surface area contributed by atoms with Gasteiger partial charge in [-0.15, -0.1) is 0 Å². The van der Waals surface area contributed by atoms with Crippen LogP contribution in [0.5, 0.6) is 0 Å². The molecule has 0 aliphatic carbocycles. The van der Waals surface area contributed by atoms with Crippen LogP contribution in [0.3, 0.4) is 0 Å². The largest absolute Gasteiger partial charge is 0.463 e. The molecule has 1 aromatic carbocycles. The molecule has 18 nitrogen and oxygen atoms in total. The van der Waals surface area contributed by atoms with Crippen molar-refractivity contribution < 1.29 is 71.2 Å². The van der Waals surface area contributed by atoms with E-state index >= 15 is 0 Å². The SMILES string of the molecule is CC(=O)N[C@H]1[C@H](O[C@H](C)[C@H](NC(=O)OCc2ccccc2)C(=O)N[C@@H](C)C(=O)OCC[N+](C)(C)C)O[C@H](COC(C)=O)[C@@H](OC(C)=O)[C@@H]1OC(C)=O. The van der Waals surface area contributed by atoms with Gasteiger partial charge in [0.1, 0.15) is 50.6 Å². The van der Waals surface area contributed by atoms with Crippen molar-refractivity contribution >= 4 is 41.8 Å². The molecule has 3 amide bonds. The van der Waals surface area contributed by atoms with Crippen molar-refractivity contribution in [1.29, 1.82) is 0 Å². The first-order chi connectivity index (χ1) is 24.3. The normalized spacial score (nSPS) is 21.6. The molecule has 0 spiro atoms. The van der Waals surface area contributed by atoms with Gasteiger partial charge < -0.3 is 53.6 Å². The molecule has 1 aliphatic rings. The average Bonchev–Trinajstić information content (AvgIpc) is 3.03. The van der Waals surface area contributed by atoms with Crippen molar-refractivity contribution in [2.24, 2.45) is 0 Å². The molecule has 0 saturated carbocycles. The van der Waals surface area contributed by atoms with E-state index in [0.29, 0.717) is 16.6 Å². The molecule has 0 bridgehead atoms. The number of hydrogen-bond acceptors (Lipinski definition) is 14. The summed E-state index contributed by atoms with van der Waals surface area (Å²) in [5.41, 5.74) is 0.666. The van der Waals surface area contributed by atoms with Crippen molar-refractivity contribution in [2.75, 3.05) is 40.9 Å². The third-order valence-electron chi connectivity index (χ3n) is 7.38. The zero-order valence-corrected chi connectivity index (χ0v) is 31.0. The number of hydrogen-bond donors (Lipinski definition) is 3. The van der Waals surface area contributed by atoms with Gasteiger partial charge in [0.05, 0.1) is 27.2 Å². The number of ether oxygens (including phenoxy) is 7. The van der Waals surface area contributed by atoms with Crippen molar-refractivity contribution in [3.05, 3.63) is 35.9 Å². The Bertz CT molecular complexity index is 1400. The first-order valence-corrected chi connectivity index (χ1v) is 16.6. The zero-order chi connectivity index (χ0) is 39.2. The smallest absolute Gasteiger partial charge is 0.408 e. The highest BCUT2D eigenvalue weighted by atomic mass is 16.7. The van der Waals surface area contributed by atoms with E-state index in [1.165, 1.54) is 20.8 Å². The fourth-order valence-corrected chi connectivity index (χ4v) is 4.89. The van der Waals surface area contributed by atoms with Crippen LogP contribution in [-0.2, 0) is 68.5 Å². The maximum Gasteiger partial charge on any atom is 0.408 e. The molecule has 0 unspecified atom stereocenters. The fourth-order valence-electron chi connectivity index (χ4n) is 4.89. The minimum atomic E-state index is -1.56. The lowest BCUT2D eigenvalue weighted by Gasteiger charge is -2.45. The summed E-state index contributed by atoms with van der Waals surface area (Å²) in [6, 6.07) is 4.69. The maximum atomic E-state index is 13.7. The summed E-state index contributed by atoms with van der Waals surface area (Å²) < 4.78 is 39.4. The summed E-state index contributed by atoms with van der Waals surface area (Å²) in [5.74, 6) is -4.55. The molecule has 3 N–H and O–H groups in total. The minimum absolute atomic E-state index is 0.0887. The van der Waals surface area contributed by atoms with Crippen LogP contribution in [0.4, 0.5) is 4.79 Å². The van der Waals surface area contributed by atoms with E-state index in [0.717, 1.165) is 20.8 Å². The predicted octanol–water partition coefficient (Wildman–Crippen LogP) is 0.0967. The van der Waals surface area contributed by atoms with Gasteiger partial charge in [-0.2, -0.15) is 0 Å². The highest BCUT2D eigenvalue weighted by molar-refractivity contribution is 5.90. The molecule has 1 fully saturated rings. The van der Waals surface area contributed by atoms with E-state index < -0.39 is 97.2 Å². The van der Waals surface area contributed by atoms with E-state index in [1.54, 1.807) is 30.3 Å². The van der Waals surface area contributed by atoms with Crippen LogP contribution in [0.25, 0.3) is 0 Å². The van der Waals surface area contributed by atoms with E-state index in [2.05, 4.69) is 16.0 Å². The zero-order valence-electron chi connectivity index (χ0n) is 31.0. The van der Waals surface area contributed by atoms with Gasteiger partial charge in [-0.3, -0.25) is 24.0 Å². The molecule has 290 valence electrons.